The van der Waals surface area contributed by atoms with Gasteiger partial charge in [0.1, 0.15) is 5.82 Å². The molecule has 0 saturated heterocycles. The van der Waals surface area contributed by atoms with Gasteiger partial charge in [-0.05, 0) is 23.8 Å². The zero-order chi connectivity index (χ0) is 20.3. The highest BCUT2D eigenvalue weighted by molar-refractivity contribution is 6.42. The van der Waals surface area contributed by atoms with Crippen LogP contribution in [0.25, 0.3) is 0 Å². The number of hydrogen-bond acceptors (Lipinski definition) is 4. The molecule has 0 radical (unpaired) electrons. The first-order valence-corrected chi connectivity index (χ1v) is 9.25. The van der Waals surface area contributed by atoms with Gasteiger partial charge in [-0.1, -0.05) is 46.9 Å². The number of methoxy groups -OCH3 is 2. The van der Waals surface area contributed by atoms with Crippen LogP contribution in [0, 0.1) is 0 Å². The largest absolute Gasteiger partial charge is 0.493 e. The van der Waals surface area contributed by atoms with Crippen molar-refractivity contribution in [3.63, 3.8) is 0 Å². The van der Waals surface area contributed by atoms with E-state index < -0.39 is 0 Å². The molecule has 0 aliphatic carbocycles. The highest BCUT2D eigenvalue weighted by Crippen LogP contribution is 2.36. The van der Waals surface area contributed by atoms with Crippen LogP contribution in [0.1, 0.15) is 15.9 Å². The molecule has 1 N–H and O–H groups in total. The number of nitrogens with one attached hydrogen (secondary N) is 1. The van der Waals surface area contributed by atoms with E-state index in [-0.39, 0.29) is 10.9 Å². The topological polar surface area (TPSA) is 65.4 Å². The lowest BCUT2D eigenvalue weighted by atomic mass is 10.2. The van der Waals surface area contributed by atoms with E-state index in [0.717, 1.165) is 5.56 Å². The Hall–Kier alpha value is -2.41. The van der Waals surface area contributed by atoms with E-state index in [1.807, 2.05) is 6.07 Å². The fraction of sp³-hybridized carbons (Fsp3) is 0.158. The number of amides is 1. The zero-order valence-corrected chi connectivity index (χ0v) is 17.3. The third-order valence-electron chi connectivity index (χ3n) is 4.01. The van der Waals surface area contributed by atoms with Crippen molar-refractivity contribution in [3.05, 3.63) is 68.8 Å². The fourth-order valence-electron chi connectivity index (χ4n) is 2.63. The first kappa shape index (κ1) is 20.3. The molecule has 0 saturated carbocycles. The molecule has 9 heteroatoms. The molecular formula is C19H16Cl3N3O3. The summed E-state index contributed by atoms with van der Waals surface area (Å²) in [4.78, 5) is 12.7. The Kier molecular flexibility index (Phi) is 6.34. The highest BCUT2D eigenvalue weighted by atomic mass is 35.5. The van der Waals surface area contributed by atoms with Crippen molar-refractivity contribution in [2.45, 2.75) is 6.54 Å². The third-order valence-corrected chi connectivity index (χ3v) is 5.14. The number of aromatic nitrogens is 2. The number of nitrogens with zero attached hydrogens (tertiary/aromatic N) is 2. The summed E-state index contributed by atoms with van der Waals surface area (Å²) >= 11 is 18.5. The predicted octanol–water partition coefficient (Wildman–Crippen LogP) is 5.16. The second kappa shape index (κ2) is 8.73. The van der Waals surface area contributed by atoms with E-state index in [2.05, 4.69) is 10.4 Å². The summed E-state index contributed by atoms with van der Waals surface area (Å²) in [7, 11) is 2.95. The van der Waals surface area contributed by atoms with Crippen molar-refractivity contribution < 1.29 is 14.3 Å². The van der Waals surface area contributed by atoms with Crippen molar-refractivity contribution in [1.29, 1.82) is 0 Å². The van der Waals surface area contributed by atoms with Gasteiger partial charge < -0.3 is 14.8 Å². The Balaban J connectivity index is 1.84. The van der Waals surface area contributed by atoms with Crippen LogP contribution in [0.5, 0.6) is 11.5 Å². The number of rotatable bonds is 6. The molecule has 3 rings (SSSR count). The molecule has 0 atom stereocenters. The monoisotopic (exact) mass is 439 g/mol. The molecule has 1 heterocycles. The quantitative estimate of drug-likeness (QED) is 0.575. The van der Waals surface area contributed by atoms with Crippen molar-refractivity contribution in [3.8, 4) is 11.5 Å². The minimum atomic E-state index is -0.373. The molecule has 2 aromatic carbocycles. The molecule has 0 spiro atoms. The SMILES string of the molecule is COc1cc(C(=O)Nc2ccnn2Cc2cccc(Cl)c2Cl)cc(Cl)c1OC. The van der Waals surface area contributed by atoms with Crippen molar-refractivity contribution in [2.24, 2.45) is 0 Å². The Bertz CT molecular complexity index is 1020. The molecule has 6 nitrogen and oxygen atoms in total. The van der Waals surface area contributed by atoms with E-state index in [1.165, 1.54) is 20.3 Å². The molecule has 0 unspecified atom stereocenters. The molecule has 0 fully saturated rings. The first-order valence-electron chi connectivity index (χ1n) is 8.12. The van der Waals surface area contributed by atoms with Crippen LogP contribution in [0.3, 0.4) is 0 Å². The summed E-state index contributed by atoms with van der Waals surface area (Å²) in [6.45, 7) is 0.342. The smallest absolute Gasteiger partial charge is 0.257 e. The lowest BCUT2D eigenvalue weighted by Gasteiger charge is -2.13. The summed E-state index contributed by atoms with van der Waals surface area (Å²) in [5, 5.41) is 8.22. The van der Waals surface area contributed by atoms with Crippen LogP contribution in [-0.2, 0) is 6.54 Å². The van der Waals surface area contributed by atoms with E-state index in [9.17, 15) is 4.79 Å². The highest BCUT2D eigenvalue weighted by Gasteiger charge is 2.17. The second-order valence-electron chi connectivity index (χ2n) is 5.73. The van der Waals surface area contributed by atoms with Crippen molar-refractivity contribution in [1.82, 2.24) is 9.78 Å². The van der Waals surface area contributed by atoms with Crippen LogP contribution in [0.15, 0.2) is 42.6 Å². The number of carbonyl (C=O) groups excluding carboxylic acids is 1. The number of anilines is 1. The minimum absolute atomic E-state index is 0.270. The first-order chi connectivity index (χ1) is 13.4. The Morgan fingerprint density at radius 2 is 1.89 bits per heavy atom. The van der Waals surface area contributed by atoms with Gasteiger partial charge in [0.2, 0.25) is 0 Å². The van der Waals surface area contributed by atoms with Crippen LogP contribution in [0.2, 0.25) is 15.1 Å². The van der Waals surface area contributed by atoms with Gasteiger partial charge >= 0.3 is 0 Å². The van der Waals surface area contributed by atoms with Crippen LogP contribution < -0.4 is 14.8 Å². The van der Waals surface area contributed by atoms with Crippen molar-refractivity contribution >= 4 is 46.5 Å². The molecule has 0 bridgehead atoms. The Labute approximate surface area is 176 Å². The van der Waals surface area contributed by atoms with Gasteiger partial charge in [0, 0.05) is 11.6 Å². The van der Waals surface area contributed by atoms with Crippen LogP contribution in [0.4, 0.5) is 5.82 Å². The number of halogens is 3. The van der Waals surface area contributed by atoms with Gasteiger partial charge in [-0.15, -0.1) is 0 Å². The molecular weight excluding hydrogens is 425 g/mol. The molecule has 28 heavy (non-hydrogen) atoms. The molecule has 1 aromatic heterocycles. The predicted molar refractivity (Wildman–Crippen MR) is 110 cm³/mol. The summed E-state index contributed by atoms with van der Waals surface area (Å²) in [6.07, 6.45) is 1.58. The van der Waals surface area contributed by atoms with Gasteiger partial charge in [-0.25, -0.2) is 4.68 Å². The zero-order valence-electron chi connectivity index (χ0n) is 15.0. The van der Waals surface area contributed by atoms with Gasteiger partial charge in [0.05, 0.1) is 42.0 Å². The fourth-order valence-corrected chi connectivity index (χ4v) is 3.30. The number of ether oxygens (including phenoxy) is 2. The van der Waals surface area contributed by atoms with E-state index >= 15 is 0 Å². The maximum atomic E-state index is 12.7. The average Bonchev–Trinajstić information content (AvgIpc) is 3.11. The summed E-state index contributed by atoms with van der Waals surface area (Å²) in [5.41, 5.74) is 1.10. The van der Waals surface area contributed by atoms with E-state index in [0.29, 0.717) is 39.5 Å². The van der Waals surface area contributed by atoms with Crippen molar-refractivity contribution in [2.75, 3.05) is 19.5 Å². The van der Waals surface area contributed by atoms with Gasteiger partial charge in [-0.2, -0.15) is 5.10 Å². The second-order valence-corrected chi connectivity index (χ2v) is 6.93. The lowest BCUT2D eigenvalue weighted by Crippen LogP contribution is -2.16. The standard InChI is InChI=1S/C19H16Cl3N3O3/c1-27-15-9-12(8-14(21)18(15)28-2)19(26)24-16-6-7-23-25(16)10-11-4-3-5-13(20)17(11)22/h3-9H,10H2,1-2H3,(H,24,26). The van der Waals surface area contributed by atoms with Crippen LogP contribution >= 0.6 is 34.8 Å². The minimum Gasteiger partial charge on any atom is -0.493 e. The molecule has 3 aromatic rings. The lowest BCUT2D eigenvalue weighted by molar-refractivity contribution is 0.102. The van der Waals surface area contributed by atoms with Gasteiger partial charge in [-0.3, -0.25) is 4.79 Å². The summed E-state index contributed by atoms with van der Waals surface area (Å²) in [5.74, 6) is 0.842. The molecule has 1 amide bonds. The van der Waals surface area contributed by atoms with Gasteiger partial charge in [0.15, 0.2) is 11.5 Å². The number of hydrogen-bond donors (Lipinski definition) is 1. The maximum Gasteiger partial charge on any atom is 0.257 e. The molecule has 146 valence electrons. The summed E-state index contributed by atoms with van der Waals surface area (Å²) in [6, 6.07) is 10.1. The maximum absolute atomic E-state index is 12.7. The molecule has 0 aliphatic rings. The molecule has 0 aliphatic heterocycles. The Morgan fingerprint density at radius 3 is 2.61 bits per heavy atom. The van der Waals surface area contributed by atoms with E-state index in [1.54, 1.807) is 35.1 Å². The number of benzene rings is 2. The normalized spacial score (nSPS) is 10.6. The Morgan fingerprint density at radius 1 is 1.11 bits per heavy atom. The van der Waals surface area contributed by atoms with Crippen LogP contribution in [-0.4, -0.2) is 29.9 Å². The van der Waals surface area contributed by atoms with Gasteiger partial charge in [0.25, 0.3) is 5.91 Å². The van der Waals surface area contributed by atoms with E-state index in [4.69, 9.17) is 44.3 Å². The third kappa shape index (κ3) is 4.19. The average molecular weight is 441 g/mol. The number of carbonyl (C=O) groups is 1. The summed E-state index contributed by atoms with van der Waals surface area (Å²) < 4.78 is 12.0.